The van der Waals surface area contributed by atoms with E-state index in [9.17, 15) is 5.11 Å². The molecule has 0 saturated heterocycles. The zero-order valence-corrected chi connectivity index (χ0v) is 9.49. The van der Waals surface area contributed by atoms with Gasteiger partial charge in [0.05, 0.1) is 6.10 Å². The molecule has 2 rings (SSSR count). The van der Waals surface area contributed by atoms with Gasteiger partial charge in [0, 0.05) is 29.2 Å². The number of aliphatic hydroxyl groups is 1. The monoisotopic (exact) mass is 203 g/mol. The average Bonchev–Trinajstić information content (AvgIpc) is 2.55. The van der Waals surface area contributed by atoms with E-state index in [1.54, 1.807) is 0 Å². The largest absolute Gasteiger partial charge is 0.389 e. The Morgan fingerprint density at radius 2 is 2.13 bits per heavy atom. The lowest BCUT2D eigenvalue weighted by molar-refractivity contribution is 0.200. The van der Waals surface area contributed by atoms with Crippen molar-refractivity contribution in [3.8, 4) is 0 Å². The summed E-state index contributed by atoms with van der Waals surface area (Å²) in [6.07, 6.45) is 1.65. The van der Waals surface area contributed by atoms with Crippen molar-refractivity contribution in [2.24, 2.45) is 0 Å². The van der Waals surface area contributed by atoms with Gasteiger partial charge >= 0.3 is 0 Å². The second kappa shape index (κ2) is 3.70. The quantitative estimate of drug-likeness (QED) is 0.797. The fourth-order valence-electron chi connectivity index (χ4n) is 2.02. The lowest BCUT2D eigenvalue weighted by Gasteiger charge is -2.01. The van der Waals surface area contributed by atoms with Crippen molar-refractivity contribution in [1.29, 1.82) is 0 Å². The third kappa shape index (κ3) is 1.65. The Bertz CT molecular complexity index is 482. The zero-order chi connectivity index (χ0) is 11.0. The van der Waals surface area contributed by atoms with E-state index >= 15 is 0 Å². The summed E-state index contributed by atoms with van der Waals surface area (Å²) in [5.41, 5.74) is 3.49. The maximum Gasteiger partial charge on any atom is 0.0782 e. The predicted octanol–water partition coefficient (Wildman–Crippen LogP) is 3.02. The Labute approximate surface area is 90.2 Å². The molecule has 0 aliphatic rings. The second-order valence-corrected chi connectivity index (χ2v) is 4.07. The van der Waals surface area contributed by atoms with Crippen LogP contribution >= 0.6 is 0 Å². The standard InChI is InChI=1S/C13H17NO/c1-4-14-8-12(10(3)15)11-6-5-9(2)7-13(11)14/h5-8,10,15H,4H2,1-3H3. The molecule has 0 amide bonds. The smallest absolute Gasteiger partial charge is 0.0782 e. The molecule has 0 saturated carbocycles. The van der Waals surface area contributed by atoms with Crippen molar-refractivity contribution < 1.29 is 5.11 Å². The van der Waals surface area contributed by atoms with Crippen LogP contribution in [0.15, 0.2) is 24.4 Å². The summed E-state index contributed by atoms with van der Waals surface area (Å²) in [5.74, 6) is 0. The van der Waals surface area contributed by atoms with Gasteiger partial charge in [0.1, 0.15) is 0 Å². The maximum absolute atomic E-state index is 9.69. The highest BCUT2D eigenvalue weighted by molar-refractivity contribution is 5.85. The maximum atomic E-state index is 9.69. The lowest BCUT2D eigenvalue weighted by Crippen LogP contribution is -1.91. The number of aryl methyl sites for hydroxylation is 2. The Balaban J connectivity index is 2.75. The normalized spacial score (nSPS) is 13.3. The Kier molecular flexibility index (Phi) is 2.53. The number of rotatable bonds is 2. The number of hydrogen-bond donors (Lipinski definition) is 1. The molecule has 0 aliphatic carbocycles. The molecule has 2 aromatic rings. The molecule has 0 radical (unpaired) electrons. The third-order valence-electron chi connectivity index (χ3n) is 2.86. The van der Waals surface area contributed by atoms with Crippen LogP contribution in [0.1, 0.15) is 31.1 Å². The van der Waals surface area contributed by atoms with E-state index in [1.165, 1.54) is 11.1 Å². The van der Waals surface area contributed by atoms with Crippen LogP contribution in [0.5, 0.6) is 0 Å². The lowest BCUT2D eigenvalue weighted by atomic mass is 10.1. The molecule has 2 nitrogen and oxygen atoms in total. The molecular weight excluding hydrogens is 186 g/mol. The van der Waals surface area contributed by atoms with E-state index in [4.69, 9.17) is 0 Å². The average molecular weight is 203 g/mol. The first-order valence-electron chi connectivity index (χ1n) is 5.41. The van der Waals surface area contributed by atoms with E-state index in [1.807, 2.05) is 6.92 Å². The van der Waals surface area contributed by atoms with Gasteiger partial charge in [0.25, 0.3) is 0 Å². The zero-order valence-electron chi connectivity index (χ0n) is 9.49. The Morgan fingerprint density at radius 3 is 2.73 bits per heavy atom. The molecule has 0 fully saturated rings. The highest BCUT2D eigenvalue weighted by Crippen LogP contribution is 2.27. The topological polar surface area (TPSA) is 25.2 Å². The van der Waals surface area contributed by atoms with Crippen molar-refractivity contribution >= 4 is 10.9 Å². The predicted molar refractivity (Wildman–Crippen MR) is 63.0 cm³/mol. The first-order valence-corrected chi connectivity index (χ1v) is 5.41. The Morgan fingerprint density at radius 1 is 1.40 bits per heavy atom. The first-order chi connectivity index (χ1) is 7.13. The van der Waals surface area contributed by atoms with Gasteiger partial charge in [0.2, 0.25) is 0 Å². The van der Waals surface area contributed by atoms with Crippen molar-refractivity contribution in [2.45, 2.75) is 33.4 Å². The van der Waals surface area contributed by atoms with Gasteiger partial charge in [0.15, 0.2) is 0 Å². The number of fused-ring (bicyclic) bond motifs is 1. The minimum atomic E-state index is -0.400. The van der Waals surface area contributed by atoms with Crippen LogP contribution < -0.4 is 0 Å². The van der Waals surface area contributed by atoms with Gasteiger partial charge in [-0.05, 0) is 32.4 Å². The van der Waals surface area contributed by atoms with Gasteiger partial charge < -0.3 is 9.67 Å². The summed E-state index contributed by atoms with van der Waals surface area (Å²) >= 11 is 0. The van der Waals surface area contributed by atoms with Gasteiger partial charge in [-0.25, -0.2) is 0 Å². The number of aromatic nitrogens is 1. The third-order valence-corrected chi connectivity index (χ3v) is 2.86. The minimum absolute atomic E-state index is 0.400. The van der Waals surface area contributed by atoms with E-state index < -0.39 is 6.10 Å². The number of hydrogen-bond acceptors (Lipinski definition) is 1. The summed E-state index contributed by atoms with van der Waals surface area (Å²) in [7, 11) is 0. The van der Waals surface area contributed by atoms with Crippen LogP contribution in [0.4, 0.5) is 0 Å². The Hall–Kier alpha value is -1.28. The van der Waals surface area contributed by atoms with Crippen molar-refractivity contribution in [3.63, 3.8) is 0 Å². The van der Waals surface area contributed by atoms with E-state index in [0.29, 0.717) is 0 Å². The summed E-state index contributed by atoms with van der Waals surface area (Å²) in [4.78, 5) is 0. The second-order valence-electron chi connectivity index (χ2n) is 4.07. The van der Waals surface area contributed by atoms with Gasteiger partial charge in [-0.2, -0.15) is 0 Å². The summed E-state index contributed by atoms with van der Waals surface area (Å²) in [6.45, 7) is 6.96. The number of nitrogens with zero attached hydrogens (tertiary/aromatic N) is 1. The molecule has 0 aliphatic heterocycles. The molecule has 1 N–H and O–H groups in total. The SMILES string of the molecule is CCn1cc(C(C)O)c2ccc(C)cc21. The van der Waals surface area contributed by atoms with Crippen molar-refractivity contribution in [2.75, 3.05) is 0 Å². The fraction of sp³-hybridized carbons (Fsp3) is 0.385. The number of benzene rings is 1. The molecule has 1 aromatic carbocycles. The highest BCUT2D eigenvalue weighted by Gasteiger charge is 2.11. The van der Waals surface area contributed by atoms with Crippen LogP contribution in [0.25, 0.3) is 10.9 Å². The molecular formula is C13H17NO. The molecule has 0 spiro atoms. The van der Waals surface area contributed by atoms with Crippen LogP contribution in [-0.4, -0.2) is 9.67 Å². The molecule has 1 heterocycles. The van der Waals surface area contributed by atoms with Crippen molar-refractivity contribution in [3.05, 3.63) is 35.5 Å². The molecule has 2 heteroatoms. The fourth-order valence-corrected chi connectivity index (χ4v) is 2.02. The van der Waals surface area contributed by atoms with E-state index in [-0.39, 0.29) is 0 Å². The molecule has 80 valence electrons. The van der Waals surface area contributed by atoms with Gasteiger partial charge in [-0.15, -0.1) is 0 Å². The van der Waals surface area contributed by atoms with Crippen LogP contribution in [-0.2, 0) is 6.54 Å². The molecule has 15 heavy (non-hydrogen) atoms. The van der Waals surface area contributed by atoms with Crippen molar-refractivity contribution in [1.82, 2.24) is 4.57 Å². The molecule has 1 aromatic heterocycles. The van der Waals surface area contributed by atoms with Crippen LogP contribution in [0, 0.1) is 6.92 Å². The van der Waals surface area contributed by atoms with Crippen LogP contribution in [0.2, 0.25) is 0 Å². The summed E-state index contributed by atoms with van der Waals surface area (Å²) < 4.78 is 2.18. The van der Waals surface area contributed by atoms with E-state index in [0.717, 1.165) is 17.5 Å². The first kappa shape index (κ1) is 10.2. The van der Waals surface area contributed by atoms with E-state index in [2.05, 4.69) is 42.8 Å². The molecule has 1 atom stereocenters. The number of aliphatic hydroxyl groups excluding tert-OH is 1. The molecule has 0 bridgehead atoms. The highest BCUT2D eigenvalue weighted by atomic mass is 16.3. The summed E-state index contributed by atoms with van der Waals surface area (Å²) in [5, 5.41) is 10.9. The minimum Gasteiger partial charge on any atom is -0.389 e. The van der Waals surface area contributed by atoms with Gasteiger partial charge in [-0.1, -0.05) is 12.1 Å². The molecule has 1 unspecified atom stereocenters. The van der Waals surface area contributed by atoms with Crippen LogP contribution in [0.3, 0.4) is 0 Å². The van der Waals surface area contributed by atoms with Gasteiger partial charge in [-0.3, -0.25) is 0 Å². The summed E-state index contributed by atoms with van der Waals surface area (Å²) in [6, 6.07) is 6.36.